The monoisotopic (exact) mass is 263 g/mol. The quantitative estimate of drug-likeness (QED) is 0.455. The molecule has 0 aromatic carbocycles. The fourth-order valence-electron chi connectivity index (χ4n) is 4.06. The smallest absolute Gasteiger partial charge is 0.0403 e. The number of nitrogens with one attached hydrogen (secondary N) is 1. The molecule has 2 fully saturated rings. The molecular formula is C16H29N3. The molecule has 0 amide bonds. The predicted octanol–water partition coefficient (Wildman–Crippen LogP) is 2.42. The molecule has 1 unspecified atom stereocenters. The first-order chi connectivity index (χ1) is 9.33. The molecule has 1 heterocycles. The summed E-state index contributed by atoms with van der Waals surface area (Å²) in [7, 11) is 0. The third kappa shape index (κ3) is 3.31. The van der Waals surface area contributed by atoms with Crippen molar-refractivity contribution in [3.05, 3.63) is 0 Å². The highest BCUT2D eigenvalue weighted by molar-refractivity contribution is 5.05. The molecule has 1 atom stereocenters. The van der Waals surface area contributed by atoms with Crippen molar-refractivity contribution >= 4 is 0 Å². The van der Waals surface area contributed by atoms with Gasteiger partial charge in [-0.05, 0) is 52.1 Å². The number of nitrogens with two attached hydrogens (primary N) is 1. The molecule has 108 valence electrons. The number of hydrogen-bond donors (Lipinski definition) is 2. The standard InChI is InChI=1S/C16H29N3/c1-2-3-5-10-15(18-17)16(11-6-7-12-16)19-13-8-4-9-14-19/h15,18H,4-14,17H2,1H3. The zero-order valence-corrected chi connectivity index (χ0v) is 12.4. The zero-order chi connectivity index (χ0) is 13.6. The van der Waals surface area contributed by atoms with E-state index in [1.54, 1.807) is 0 Å². The maximum absolute atomic E-state index is 5.90. The van der Waals surface area contributed by atoms with Gasteiger partial charge in [0.15, 0.2) is 0 Å². The fraction of sp³-hybridized carbons (Fsp3) is 0.875. The molecule has 2 aliphatic rings. The maximum Gasteiger partial charge on any atom is 0.0403 e. The van der Waals surface area contributed by atoms with E-state index in [0.29, 0.717) is 11.6 Å². The van der Waals surface area contributed by atoms with E-state index in [9.17, 15) is 0 Å². The second-order valence-corrected chi connectivity index (χ2v) is 6.04. The van der Waals surface area contributed by atoms with Crippen molar-refractivity contribution in [2.24, 2.45) is 5.84 Å². The molecule has 1 saturated heterocycles. The lowest BCUT2D eigenvalue weighted by molar-refractivity contribution is 0.0344. The molecule has 0 aromatic heterocycles. The summed E-state index contributed by atoms with van der Waals surface area (Å²) in [5.74, 6) is 12.1. The van der Waals surface area contributed by atoms with Crippen LogP contribution in [-0.4, -0.2) is 29.6 Å². The average molecular weight is 263 g/mol. The highest BCUT2D eigenvalue weighted by Crippen LogP contribution is 2.40. The van der Waals surface area contributed by atoms with Crippen molar-refractivity contribution in [2.75, 3.05) is 13.1 Å². The van der Waals surface area contributed by atoms with Gasteiger partial charge in [0.05, 0.1) is 0 Å². The van der Waals surface area contributed by atoms with E-state index >= 15 is 0 Å². The highest BCUT2D eigenvalue weighted by Gasteiger charge is 2.45. The van der Waals surface area contributed by atoms with Crippen LogP contribution in [0.4, 0.5) is 0 Å². The van der Waals surface area contributed by atoms with Crippen LogP contribution in [0.15, 0.2) is 0 Å². The van der Waals surface area contributed by atoms with E-state index in [1.165, 1.54) is 58.0 Å². The first-order valence-electron chi connectivity index (χ1n) is 7.94. The Bertz CT molecular complexity index is 317. The minimum Gasteiger partial charge on any atom is -0.296 e. The van der Waals surface area contributed by atoms with Gasteiger partial charge in [-0.1, -0.05) is 19.3 Å². The largest absolute Gasteiger partial charge is 0.296 e. The molecule has 0 bridgehead atoms. The Kier molecular flexibility index (Phi) is 5.69. The Labute approximate surface area is 118 Å². The summed E-state index contributed by atoms with van der Waals surface area (Å²) in [4.78, 5) is 2.74. The molecule has 1 saturated carbocycles. The van der Waals surface area contributed by atoms with E-state index in [1.807, 2.05) is 6.92 Å². The Morgan fingerprint density at radius 2 is 1.84 bits per heavy atom. The van der Waals surface area contributed by atoms with E-state index in [-0.39, 0.29) is 0 Å². The second kappa shape index (κ2) is 7.28. The van der Waals surface area contributed by atoms with Gasteiger partial charge in [-0.3, -0.25) is 16.2 Å². The summed E-state index contributed by atoms with van der Waals surface area (Å²) >= 11 is 0. The lowest BCUT2D eigenvalue weighted by Gasteiger charge is -2.48. The third-order valence-electron chi connectivity index (χ3n) is 5.04. The van der Waals surface area contributed by atoms with Gasteiger partial charge in [-0.25, -0.2) is 0 Å². The topological polar surface area (TPSA) is 41.3 Å². The maximum atomic E-state index is 5.90. The van der Waals surface area contributed by atoms with Crippen molar-refractivity contribution in [1.29, 1.82) is 0 Å². The number of hydrogen-bond acceptors (Lipinski definition) is 3. The predicted molar refractivity (Wildman–Crippen MR) is 80.4 cm³/mol. The molecule has 1 aliphatic carbocycles. The van der Waals surface area contributed by atoms with Crippen LogP contribution in [0.5, 0.6) is 0 Å². The lowest BCUT2D eigenvalue weighted by atomic mass is 9.82. The molecule has 3 N–H and O–H groups in total. The molecule has 19 heavy (non-hydrogen) atoms. The first kappa shape index (κ1) is 14.8. The lowest BCUT2D eigenvalue weighted by Crippen LogP contribution is -2.62. The van der Waals surface area contributed by atoms with Crippen molar-refractivity contribution in [3.63, 3.8) is 0 Å². The van der Waals surface area contributed by atoms with E-state index in [4.69, 9.17) is 5.84 Å². The summed E-state index contributed by atoms with van der Waals surface area (Å²) in [5.41, 5.74) is 3.44. The van der Waals surface area contributed by atoms with Gasteiger partial charge in [0, 0.05) is 18.0 Å². The number of likely N-dealkylation sites (tertiary alicyclic amines) is 1. The van der Waals surface area contributed by atoms with Gasteiger partial charge in [0.2, 0.25) is 0 Å². The zero-order valence-electron chi connectivity index (χ0n) is 12.4. The third-order valence-corrected chi connectivity index (χ3v) is 5.04. The Hall–Kier alpha value is -0.560. The minimum absolute atomic E-state index is 0.310. The second-order valence-electron chi connectivity index (χ2n) is 6.04. The number of nitrogens with zero attached hydrogens (tertiary/aromatic N) is 1. The highest BCUT2D eigenvalue weighted by atomic mass is 15.3. The van der Waals surface area contributed by atoms with E-state index < -0.39 is 0 Å². The SMILES string of the molecule is CC#CCCC(NN)C1(N2CCCCC2)CCCC1. The fourth-order valence-corrected chi connectivity index (χ4v) is 4.06. The molecular weight excluding hydrogens is 234 g/mol. The molecule has 3 nitrogen and oxygen atoms in total. The van der Waals surface area contributed by atoms with Gasteiger partial charge in [-0.2, -0.15) is 0 Å². The summed E-state index contributed by atoms with van der Waals surface area (Å²) in [6.45, 7) is 4.44. The van der Waals surface area contributed by atoms with Crippen LogP contribution >= 0.6 is 0 Å². The molecule has 1 aliphatic heterocycles. The van der Waals surface area contributed by atoms with Crippen molar-refractivity contribution in [2.45, 2.75) is 76.3 Å². The average Bonchev–Trinajstić information content (AvgIpc) is 2.95. The van der Waals surface area contributed by atoms with Gasteiger partial charge >= 0.3 is 0 Å². The number of hydrazine groups is 1. The molecule has 0 spiro atoms. The number of rotatable bonds is 5. The molecule has 0 aromatic rings. The van der Waals surface area contributed by atoms with Crippen molar-refractivity contribution in [1.82, 2.24) is 10.3 Å². The summed E-state index contributed by atoms with van der Waals surface area (Å²) < 4.78 is 0. The summed E-state index contributed by atoms with van der Waals surface area (Å²) in [6.07, 6.45) is 11.5. The van der Waals surface area contributed by atoms with Crippen LogP contribution < -0.4 is 11.3 Å². The summed E-state index contributed by atoms with van der Waals surface area (Å²) in [6, 6.07) is 0.397. The first-order valence-corrected chi connectivity index (χ1v) is 7.94. The van der Waals surface area contributed by atoms with E-state index in [0.717, 1.165) is 12.8 Å². The molecule has 0 radical (unpaired) electrons. The van der Waals surface area contributed by atoms with Crippen LogP contribution in [-0.2, 0) is 0 Å². The van der Waals surface area contributed by atoms with Crippen molar-refractivity contribution in [3.8, 4) is 11.8 Å². The van der Waals surface area contributed by atoms with Gasteiger partial charge in [0.25, 0.3) is 0 Å². The van der Waals surface area contributed by atoms with Crippen LogP contribution in [0.3, 0.4) is 0 Å². The Morgan fingerprint density at radius 3 is 2.42 bits per heavy atom. The van der Waals surface area contributed by atoms with Gasteiger partial charge < -0.3 is 0 Å². The van der Waals surface area contributed by atoms with Crippen LogP contribution in [0, 0.1) is 11.8 Å². The molecule has 2 rings (SSSR count). The van der Waals surface area contributed by atoms with Gasteiger partial charge in [0.1, 0.15) is 0 Å². The Balaban J connectivity index is 2.08. The van der Waals surface area contributed by atoms with Crippen molar-refractivity contribution < 1.29 is 0 Å². The Morgan fingerprint density at radius 1 is 1.16 bits per heavy atom. The van der Waals surface area contributed by atoms with Crippen LogP contribution in [0.1, 0.15) is 64.7 Å². The normalized spacial score (nSPS) is 24.7. The van der Waals surface area contributed by atoms with Gasteiger partial charge in [-0.15, -0.1) is 11.8 Å². The van der Waals surface area contributed by atoms with E-state index in [2.05, 4.69) is 22.2 Å². The molecule has 3 heteroatoms. The number of piperidine rings is 1. The summed E-state index contributed by atoms with van der Waals surface area (Å²) in [5, 5.41) is 0. The minimum atomic E-state index is 0.310. The van der Waals surface area contributed by atoms with Crippen LogP contribution in [0.2, 0.25) is 0 Å². The van der Waals surface area contributed by atoms with Crippen LogP contribution in [0.25, 0.3) is 0 Å².